The Balaban J connectivity index is 0.000000329. The molecule has 0 saturated heterocycles. The molecule has 0 bridgehead atoms. The van der Waals surface area contributed by atoms with Gasteiger partial charge in [-0.1, -0.05) is 163 Å². The fourth-order valence-electron chi connectivity index (χ4n) is 10.2. The monoisotopic (exact) mass is 1690 g/mol. The molecule has 0 spiro atoms. The van der Waals surface area contributed by atoms with Gasteiger partial charge in [0.2, 0.25) is 0 Å². The van der Waals surface area contributed by atoms with E-state index in [1.54, 1.807) is 60.5 Å². The van der Waals surface area contributed by atoms with Crippen molar-refractivity contribution in [2.24, 2.45) is 29.0 Å². The number of hydrazine groups is 1. The molecule has 0 aliphatic heterocycles. The van der Waals surface area contributed by atoms with Gasteiger partial charge in [0.1, 0.15) is 35.0 Å². The number of Topliss-reactive ketones (excluding diaryl/α,β-unsaturated/α-hetero) is 1. The summed E-state index contributed by atoms with van der Waals surface area (Å²) >= 11 is 9.31. The Hall–Kier alpha value is -9.72. The van der Waals surface area contributed by atoms with Crippen molar-refractivity contribution in [2.45, 2.75) is 72.6 Å². The molecule has 576 valence electrons. The van der Waals surface area contributed by atoms with Gasteiger partial charge in [0.05, 0.1) is 65.4 Å². The van der Waals surface area contributed by atoms with E-state index in [9.17, 15) is 39.0 Å². The lowest BCUT2D eigenvalue weighted by molar-refractivity contribution is -0.526. The number of nitro groups is 1. The summed E-state index contributed by atoms with van der Waals surface area (Å²) in [5.74, 6) is 5.71. The number of rotatable bonds is 26. The number of halogens is 3. The first-order chi connectivity index (χ1) is 52.0. The van der Waals surface area contributed by atoms with E-state index in [2.05, 4.69) is 101 Å². The summed E-state index contributed by atoms with van der Waals surface area (Å²) in [6.45, 7) is 6.57. The molecule has 2 aliphatic rings. The van der Waals surface area contributed by atoms with Gasteiger partial charge < -0.3 is 48.2 Å². The third-order valence-corrected chi connectivity index (χ3v) is 19.8. The van der Waals surface area contributed by atoms with Crippen LogP contribution < -0.4 is 40.3 Å². The molecule has 4 N–H and O–H groups in total. The van der Waals surface area contributed by atoms with Gasteiger partial charge in [0.25, 0.3) is 5.96 Å². The minimum Gasteiger partial charge on any atom is -0.508 e. The minimum absolute atomic E-state index is 0.0361. The second-order valence-corrected chi connectivity index (χ2v) is 33.1. The van der Waals surface area contributed by atoms with Crippen LogP contribution in [0.3, 0.4) is 0 Å². The number of methoxy groups -OCH3 is 4. The van der Waals surface area contributed by atoms with E-state index in [1.165, 1.54) is 33.0 Å². The second kappa shape index (κ2) is 53.1. The fraction of sp³-hybridized carbons (Fsp3) is 0.296. The summed E-state index contributed by atoms with van der Waals surface area (Å²) < 4.78 is 35.1. The average Bonchev–Trinajstić information content (AvgIpc) is 1.62. The van der Waals surface area contributed by atoms with Crippen LogP contribution in [0.5, 0.6) is 28.7 Å². The number of aliphatic hydroxyl groups excluding tert-OH is 1. The van der Waals surface area contributed by atoms with Crippen LogP contribution in [0.25, 0.3) is 0 Å². The molecule has 2 fully saturated rings. The van der Waals surface area contributed by atoms with Gasteiger partial charge in [0.15, 0.2) is 10.8 Å². The number of allylic oxidation sites excluding steroid dienone is 1. The molecule has 27 heteroatoms. The molecule has 2 saturated carbocycles. The third kappa shape index (κ3) is 36.7. The number of carbonyl (C=O) groups is 5. The van der Waals surface area contributed by atoms with E-state index in [-0.39, 0.29) is 51.1 Å². The van der Waals surface area contributed by atoms with Crippen molar-refractivity contribution < 1.29 is 72.4 Å². The summed E-state index contributed by atoms with van der Waals surface area (Å²) in [6, 6.07) is 69.2. The largest absolute Gasteiger partial charge is 0.508 e. The quantitative estimate of drug-likeness (QED) is 0.00335. The van der Waals surface area contributed by atoms with Gasteiger partial charge in [-0.15, -0.1) is 52.2 Å². The van der Waals surface area contributed by atoms with Crippen LogP contribution >= 0.6 is 54.2 Å². The normalized spacial score (nSPS) is 13.6. The average molecular weight is 1690 g/mol. The summed E-state index contributed by atoms with van der Waals surface area (Å²) in [6.07, 6.45) is 9.77. The number of benzene rings is 8. The molecule has 108 heavy (non-hydrogen) atoms. The number of nitroso groups, excluding NO2 is 1. The lowest BCUT2D eigenvalue weighted by Crippen LogP contribution is -2.38. The smallest absolute Gasteiger partial charge is 0.369 e. The van der Waals surface area contributed by atoms with E-state index >= 15 is 0 Å². The predicted octanol–water partition coefficient (Wildman–Crippen LogP) is 14.4. The Kier molecular flexibility index (Phi) is 45.5. The molecular formula is C81H96BBr3N5O17P. The highest BCUT2D eigenvalue weighted by atomic mass is 79.9. The van der Waals surface area contributed by atoms with Crippen LogP contribution in [-0.4, -0.2) is 127 Å². The van der Waals surface area contributed by atoms with Gasteiger partial charge in [-0.3, -0.25) is 19.8 Å². The maximum atomic E-state index is 12.2. The molecule has 22 nitrogen and oxygen atoms in total. The van der Waals surface area contributed by atoms with Crippen LogP contribution in [0.4, 0.5) is 0 Å². The first-order valence-corrected chi connectivity index (χ1v) is 39.0. The molecule has 8 aromatic rings. The zero-order chi connectivity index (χ0) is 79.7. The zero-order valence-electron chi connectivity index (χ0n) is 62.1. The van der Waals surface area contributed by atoms with E-state index in [4.69, 9.17) is 48.8 Å². The zero-order valence-corrected chi connectivity index (χ0v) is 67.8. The SMILES string of the molecule is BrB(Br)Br.CC(=O)C=P(c1ccccc1)(c1ccccc1)c1ccccc1.CCOC(=O)/C=C/Cc1ccc(OC)cc1.CCOC(=O)C1CC1Cc1ccc(O)cc1.CCOC(=O)C1CC1Cc1ccc(OC)cc1.CN(N=O)C(=N)N[N+](=O)[O-].COc1ccc(CC=O)cc1.COc1ccc(CCO)cc1. The summed E-state index contributed by atoms with van der Waals surface area (Å²) in [4.78, 5) is 75.3. The Bertz CT molecular complexity index is 3920. The number of phenols is 1. The van der Waals surface area contributed by atoms with E-state index in [0.29, 0.717) is 55.9 Å². The third-order valence-electron chi connectivity index (χ3n) is 15.7. The number of carbonyl (C=O) groups excluding carboxylic acids is 5. The first-order valence-electron chi connectivity index (χ1n) is 34.4. The van der Waals surface area contributed by atoms with E-state index in [0.717, 1.165) is 84.3 Å². The highest BCUT2D eigenvalue weighted by Crippen LogP contribution is 2.45. The van der Waals surface area contributed by atoms with Crippen molar-refractivity contribution in [3.8, 4) is 28.7 Å². The molecule has 0 amide bonds. The summed E-state index contributed by atoms with van der Waals surface area (Å²) in [7, 11) is 7.67. The highest BCUT2D eigenvalue weighted by Gasteiger charge is 2.44. The van der Waals surface area contributed by atoms with Gasteiger partial charge in [-0.05, 0) is 195 Å². The Labute approximate surface area is 658 Å². The van der Waals surface area contributed by atoms with Gasteiger partial charge in [-0.2, -0.15) is 5.01 Å². The molecular weight excluding hydrogens is 1600 g/mol. The molecule has 4 unspecified atom stereocenters. The number of phenolic OH excluding ortho intramolecular Hbond substituents is 1. The minimum atomic E-state index is -2.08. The van der Waals surface area contributed by atoms with Gasteiger partial charge in [-0.25, -0.2) is 14.9 Å². The van der Waals surface area contributed by atoms with Crippen LogP contribution in [-0.2, 0) is 70.3 Å². The number of guanidine groups is 1. The number of aldehydes is 1. The summed E-state index contributed by atoms with van der Waals surface area (Å²) in [5, 5.41) is 39.4. The molecule has 4 atom stereocenters. The second-order valence-electron chi connectivity index (χ2n) is 23.4. The number of ketones is 1. The van der Waals surface area contributed by atoms with Crippen molar-refractivity contribution in [1.29, 1.82) is 5.41 Å². The number of nitrogens with one attached hydrogen (secondary N) is 2. The van der Waals surface area contributed by atoms with Gasteiger partial charge in [0, 0.05) is 26.2 Å². The number of aliphatic hydroxyl groups is 1. The maximum absolute atomic E-state index is 12.2. The molecule has 8 aromatic carbocycles. The molecule has 0 aromatic heterocycles. The number of aromatic hydroxyl groups is 1. The lowest BCUT2D eigenvalue weighted by Gasteiger charge is -2.28. The standard InChI is InChI=1S/C21H19OP.C14H18O3.2C13H16O3.C9H12O2.C9H10O2.C2H5N5O3.BBr3/c1-18(22)17-23(19-11-5-2-6-12-19,20-13-7-3-8-14-20)21-15-9-4-10-16-21;1-3-17-14(15)13-9-11(13)8-10-4-6-12(16-2)7-5-10;1-2-16-13(15)12-8-10(12)7-9-3-5-11(14)6-4-9;1-3-16-13(14)6-4-5-11-7-9-12(15-2)10-8-11;2*1-11-9-4-2-8(3-5-9)6-7-10;1-6(5-8)2(3)4-7(9)10;2-1(3)4/h2-17H,1H3;4-7,11,13H,3,8-9H2,1-2H3;3-6,10,12,14H,2,7-8H2,1H3;4,6-10H,3,5H2,1-2H3;2-5,10H,6-7H2,1H3;2-5,7H,6H2,1H3;1H3,(H2,3,4);/b;;;6-4+;;;;. The number of hydrogen-bond acceptors (Lipinski definition) is 19. The highest BCUT2D eigenvalue weighted by molar-refractivity contribution is 9.69. The summed E-state index contributed by atoms with van der Waals surface area (Å²) in [5.41, 5.74) is 7.12. The van der Waals surface area contributed by atoms with Crippen molar-refractivity contribution in [3.05, 3.63) is 267 Å². The Morgan fingerprint density at radius 3 is 1.24 bits per heavy atom. The predicted molar refractivity (Wildman–Crippen MR) is 440 cm³/mol. The Morgan fingerprint density at radius 2 is 0.926 bits per heavy atom. The van der Waals surface area contributed by atoms with Crippen LogP contribution in [0.2, 0.25) is 0 Å². The molecule has 10 rings (SSSR count). The Morgan fingerprint density at radius 1 is 0.583 bits per heavy atom. The number of ether oxygens (including phenoxy) is 7. The lowest BCUT2D eigenvalue weighted by atomic mass is 10.1. The first kappa shape index (κ1) is 92.5. The van der Waals surface area contributed by atoms with E-state index in [1.807, 2.05) is 171 Å². The molecule has 0 heterocycles. The van der Waals surface area contributed by atoms with E-state index < -0.39 is 17.9 Å². The van der Waals surface area contributed by atoms with Crippen LogP contribution in [0.15, 0.2) is 230 Å². The molecule has 2 aliphatic carbocycles. The van der Waals surface area contributed by atoms with Crippen LogP contribution in [0.1, 0.15) is 68.4 Å². The number of esters is 3. The maximum Gasteiger partial charge on any atom is 0.369 e. The van der Waals surface area contributed by atoms with Gasteiger partial charge >= 0.3 is 21.1 Å². The topological polar surface area (TPSA) is 302 Å². The molecule has 0 radical (unpaired) electrons. The number of hydrogen-bond donors (Lipinski definition) is 4. The van der Waals surface area contributed by atoms with Crippen molar-refractivity contribution in [3.63, 3.8) is 0 Å². The van der Waals surface area contributed by atoms with Crippen molar-refractivity contribution >= 4 is 115 Å². The van der Waals surface area contributed by atoms with Crippen molar-refractivity contribution in [1.82, 2.24) is 10.4 Å². The number of nitrogens with zero attached hydrogens (tertiary/aromatic N) is 3. The van der Waals surface area contributed by atoms with Crippen LogP contribution in [0, 0.1) is 44.1 Å². The fourth-order valence-corrected chi connectivity index (χ4v) is 14.0. The van der Waals surface area contributed by atoms with Crippen molar-refractivity contribution in [2.75, 3.05) is 61.9 Å².